The minimum atomic E-state index is -0.393. The highest BCUT2D eigenvalue weighted by Gasteiger charge is 2.06. The van der Waals surface area contributed by atoms with E-state index in [9.17, 15) is 9.90 Å². The molecule has 0 fully saturated rings. The lowest BCUT2D eigenvalue weighted by atomic mass is 10.2. The number of carbonyl (C=O) groups excluding carboxylic acids is 1. The van der Waals surface area contributed by atoms with Crippen molar-refractivity contribution in [3.05, 3.63) is 50.0 Å². The number of rotatable bonds is 6. The van der Waals surface area contributed by atoms with E-state index in [0.29, 0.717) is 14.9 Å². The van der Waals surface area contributed by atoms with E-state index in [1.807, 2.05) is 59.8 Å². The first-order chi connectivity index (χ1) is 11.9. The summed E-state index contributed by atoms with van der Waals surface area (Å²) >= 11 is 5.36. The SMILES string of the molecule is CN(C)c1cccc(OCC(=O)N/N=C/c2cc(Br)cc(I)c2O)c1. The normalized spacial score (nSPS) is 10.7. The number of carbonyl (C=O) groups is 1. The summed E-state index contributed by atoms with van der Waals surface area (Å²) in [5.74, 6) is 0.318. The summed E-state index contributed by atoms with van der Waals surface area (Å²) < 4.78 is 6.95. The molecule has 0 bridgehead atoms. The number of benzene rings is 2. The molecule has 2 aromatic carbocycles. The van der Waals surface area contributed by atoms with Crippen LogP contribution in [0.15, 0.2) is 46.0 Å². The van der Waals surface area contributed by atoms with Gasteiger partial charge in [0, 0.05) is 35.9 Å². The highest BCUT2D eigenvalue weighted by atomic mass is 127. The first-order valence-corrected chi connectivity index (χ1v) is 9.14. The van der Waals surface area contributed by atoms with Crippen LogP contribution in [0, 0.1) is 3.57 Å². The molecule has 0 saturated carbocycles. The van der Waals surface area contributed by atoms with Gasteiger partial charge in [0.2, 0.25) is 0 Å². The maximum absolute atomic E-state index is 11.8. The molecular weight excluding hydrogens is 501 g/mol. The fourth-order valence-electron chi connectivity index (χ4n) is 1.89. The fourth-order valence-corrected chi connectivity index (χ4v) is 3.44. The molecule has 0 heterocycles. The quantitative estimate of drug-likeness (QED) is 0.350. The first-order valence-electron chi connectivity index (χ1n) is 7.27. The molecule has 0 atom stereocenters. The topological polar surface area (TPSA) is 74.2 Å². The predicted octanol–water partition coefficient (Wildman–Crippen LogP) is 3.35. The molecule has 0 unspecified atom stereocenters. The van der Waals surface area contributed by atoms with E-state index in [4.69, 9.17) is 4.74 Å². The zero-order valence-electron chi connectivity index (χ0n) is 13.7. The van der Waals surface area contributed by atoms with E-state index in [0.717, 1.165) is 10.2 Å². The lowest BCUT2D eigenvalue weighted by Gasteiger charge is -2.13. The number of nitrogens with one attached hydrogen (secondary N) is 1. The molecule has 2 aromatic rings. The van der Waals surface area contributed by atoms with Crippen LogP contribution in [0.3, 0.4) is 0 Å². The Morgan fingerprint density at radius 3 is 2.88 bits per heavy atom. The Kier molecular flexibility index (Phi) is 7.06. The second-order valence-electron chi connectivity index (χ2n) is 5.30. The lowest BCUT2D eigenvalue weighted by molar-refractivity contribution is -0.123. The molecule has 2 N–H and O–H groups in total. The van der Waals surface area contributed by atoms with Crippen molar-refractivity contribution in [2.24, 2.45) is 5.10 Å². The Balaban J connectivity index is 1.90. The molecular formula is C17H17BrIN3O3. The molecule has 1 amide bonds. The van der Waals surface area contributed by atoms with Crippen molar-refractivity contribution in [3.8, 4) is 11.5 Å². The number of ether oxygens (including phenoxy) is 1. The molecule has 0 radical (unpaired) electrons. The maximum atomic E-state index is 11.8. The third kappa shape index (κ3) is 5.89. The number of phenolic OH excluding ortho intramolecular Hbond substituents is 1. The number of halogens is 2. The van der Waals surface area contributed by atoms with Gasteiger partial charge in [0.15, 0.2) is 6.61 Å². The summed E-state index contributed by atoms with van der Waals surface area (Å²) in [6.07, 6.45) is 1.38. The number of hydrogen-bond acceptors (Lipinski definition) is 5. The highest BCUT2D eigenvalue weighted by molar-refractivity contribution is 14.1. The van der Waals surface area contributed by atoms with Crippen LogP contribution < -0.4 is 15.1 Å². The van der Waals surface area contributed by atoms with Gasteiger partial charge in [-0.25, -0.2) is 5.43 Å². The largest absolute Gasteiger partial charge is 0.506 e. The molecule has 0 spiro atoms. The van der Waals surface area contributed by atoms with Gasteiger partial charge in [-0.2, -0.15) is 5.10 Å². The molecule has 0 aliphatic carbocycles. The molecule has 2 rings (SSSR count). The number of phenols is 1. The van der Waals surface area contributed by atoms with Gasteiger partial charge in [0.1, 0.15) is 11.5 Å². The molecule has 25 heavy (non-hydrogen) atoms. The van der Waals surface area contributed by atoms with Crippen LogP contribution in [0.2, 0.25) is 0 Å². The molecule has 0 aliphatic rings. The van der Waals surface area contributed by atoms with E-state index in [2.05, 4.69) is 26.5 Å². The van der Waals surface area contributed by atoms with E-state index >= 15 is 0 Å². The first kappa shape index (κ1) is 19.5. The van der Waals surface area contributed by atoms with Gasteiger partial charge in [-0.15, -0.1) is 0 Å². The van der Waals surface area contributed by atoms with Crippen molar-refractivity contribution in [2.75, 3.05) is 25.6 Å². The Morgan fingerprint density at radius 1 is 1.40 bits per heavy atom. The summed E-state index contributed by atoms with van der Waals surface area (Å²) in [6, 6.07) is 10.9. The third-order valence-electron chi connectivity index (χ3n) is 3.15. The number of aromatic hydroxyl groups is 1. The number of hydrazone groups is 1. The zero-order valence-corrected chi connectivity index (χ0v) is 17.4. The predicted molar refractivity (Wildman–Crippen MR) is 111 cm³/mol. The van der Waals surface area contributed by atoms with Crippen molar-refractivity contribution in [2.45, 2.75) is 0 Å². The Morgan fingerprint density at radius 2 is 2.16 bits per heavy atom. The summed E-state index contributed by atoms with van der Waals surface area (Å²) in [5, 5.41) is 13.8. The summed E-state index contributed by atoms with van der Waals surface area (Å²) in [4.78, 5) is 13.8. The Bertz CT molecular complexity index is 797. The summed E-state index contributed by atoms with van der Waals surface area (Å²) in [5.41, 5.74) is 3.85. The average molecular weight is 518 g/mol. The highest BCUT2D eigenvalue weighted by Crippen LogP contribution is 2.27. The molecule has 0 saturated heterocycles. The minimum absolute atomic E-state index is 0.110. The summed E-state index contributed by atoms with van der Waals surface area (Å²) in [6.45, 7) is -0.157. The van der Waals surface area contributed by atoms with Crippen molar-refractivity contribution in [3.63, 3.8) is 0 Å². The van der Waals surface area contributed by atoms with Crippen LogP contribution in [0.25, 0.3) is 0 Å². The van der Waals surface area contributed by atoms with Crippen molar-refractivity contribution >= 4 is 56.3 Å². The van der Waals surface area contributed by atoms with Crippen molar-refractivity contribution in [1.82, 2.24) is 5.43 Å². The standard InChI is InChI=1S/C17H17BrIN3O3/c1-22(2)13-4-3-5-14(8-13)25-10-16(23)21-20-9-11-6-12(18)7-15(19)17(11)24/h3-9,24H,10H2,1-2H3,(H,21,23)/b20-9+. The van der Waals surface area contributed by atoms with Gasteiger partial charge in [0.05, 0.1) is 9.78 Å². The minimum Gasteiger partial charge on any atom is -0.506 e. The van der Waals surface area contributed by atoms with E-state index < -0.39 is 5.91 Å². The van der Waals surface area contributed by atoms with Crippen LogP contribution in [0.4, 0.5) is 5.69 Å². The van der Waals surface area contributed by atoms with E-state index in [1.165, 1.54) is 6.21 Å². The molecule has 0 aromatic heterocycles. The van der Waals surface area contributed by atoms with E-state index in [-0.39, 0.29) is 12.4 Å². The second-order valence-corrected chi connectivity index (χ2v) is 7.38. The van der Waals surface area contributed by atoms with E-state index in [1.54, 1.807) is 18.2 Å². The van der Waals surface area contributed by atoms with Gasteiger partial charge in [-0.3, -0.25) is 4.79 Å². The zero-order chi connectivity index (χ0) is 18.4. The average Bonchev–Trinajstić information content (AvgIpc) is 2.57. The maximum Gasteiger partial charge on any atom is 0.277 e. The van der Waals surface area contributed by atoms with Crippen LogP contribution in [0.1, 0.15) is 5.56 Å². The van der Waals surface area contributed by atoms with Gasteiger partial charge in [-0.05, 0) is 46.9 Å². The van der Waals surface area contributed by atoms with Crippen LogP contribution in [-0.2, 0) is 4.79 Å². The fraction of sp³-hybridized carbons (Fsp3) is 0.176. The Labute approximate surface area is 168 Å². The second kappa shape index (κ2) is 9.04. The number of nitrogens with zero attached hydrogens (tertiary/aromatic N) is 2. The Hall–Kier alpha value is -1.81. The van der Waals surface area contributed by atoms with Gasteiger partial charge < -0.3 is 14.7 Å². The number of amides is 1. The van der Waals surface area contributed by atoms with Crippen molar-refractivity contribution in [1.29, 1.82) is 0 Å². The smallest absolute Gasteiger partial charge is 0.277 e. The van der Waals surface area contributed by atoms with Crippen LogP contribution in [-0.4, -0.2) is 37.9 Å². The summed E-state index contributed by atoms with van der Waals surface area (Å²) in [7, 11) is 3.86. The lowest BCUT2D eigenvalue weighted by Crippen LogP contribution is -2.24. The van der Waals surface area contributed by atoms with Crippen molar-refractivity contribution < 1.29 is 14.6 Å². The van der Waals surface area contributed by atoms with Gasteiger partial charge in [-0.1, -0.05) is 22.0 Å². The molecule has 0 aliphatic heterocycles. The van der Waals surface area contributed by atoms with Gasteiger partial charge >= 0.3 is 0 Å². The monoisotopic (exact) mass is 517 g/mol. The number of hydrogen-bond donors (Lipinski definition) is 2. The third-order valence-corrected chi connectivity index (χ3v) is 4.43. The van der Waals surface area contributed by atoms with Crippen LogP contribution in [0.5, 0.6) is 11.5 Å². The molecule has 8 heteroatoms. The van der Waals surface area contributed by atoms with Crippen LogP contribution >= 0.6 is 38.5 Å². The number of anilines is 1. The van der Waals surface area contributed by atoms with Gasteiger partial charge in [0.25, 0.3) is 5.91 Å². The molecule has 132 valence electrons. The molecule has 6 nitrogen and oxygen atoms in total.